The van der Waals surface area contributed by atoms with Gasteiger partial charge in [0.25, 0.3) is 0 Å². The van der Waals surface area contributed by atoms with E-state index in [9.17, 15) is 9.50 Å². The monoisotopic (exact) mass is 354 g/mol. The summed E-state index contributed by atoms with van der Waals surface area (Å²) in [6, 6.07) is 14.5. The minimum atomic E-state index is -0.824. The van der Waals surface area contributed by atoms with Gasteiger partial charge in [0.15, 0.2) is 0 Å². The molecule has 5 heteroatoms. The molecule has 2 N–H and O–H groups in total. The maximum absolute atomic E-state index is 12.9. The van der Waals surface area contributed by atoms with Crippen LogP contribution in [0, 0.1) is 5.82 Å². The van der Waals surface area contributed by atoms with Gasteiger partial charge < -0.3 is 14.8 Å². The summed E-state index contributed by atoms with van der Waals surface area (Å²) in [5.74, 6) is 0.296. The summed E-state index contributed by atoms with van der Waals surface area (Å²) in [6.45, 7) is 2.78. The molecule has 0 saturated carbocycles. The van der Waals surface area contributed by atoms with Crippen LogP contribution in [-0.4, -0.2) is 40.3 Å². The maximum atomic E-state index is 12.9. The molecular weight excluding hydrogens is 331 g/mol. The van der Waals surface area contributed by atoms with Crippen molar-refractivity contribution >= 4 is 10.9 Å². The number of piperidine rings is 1. The van der Waals surface area contributed by atoms with Crippen LogP contribution in [-0.2, 0) is 6.54 Å². The summed E-state index contributed by atoms with van der Waals surface area (Å²) in [5, 5.41) is 12.0. The first kappa shape index (κ1) is 17.1. The highest BCUT2D eigenvalue weighted by Crippen LogP contribution is 2.25. The molecule has 1 saturated heterocycles. The molecule has 0 amide bonds. The molecule has 2 heterocycles. The van der Waals surface area contributed by atoms with E-state index in [1.165, 1.54) is 23.1 Å². The Morgan fingerprint density at radius 1 is 1.08 bits per heavy atom. The van der Waals surface area contributed by atoms with E-state index in [1.54, 1.807) is 12.1 Å². The Balaban J connectivity index is 1.30. The van der Waals surface area contributed by atoms with Crippen LogP contribution >= 0.6 is 0 Å². The van der Waals surface area contributed by atoms with Crippen molar-refractivity contribution in [3.63, 3.8) is 0 Å². The van der Waals surface area contributed by atoms with Crippen LogP contribution in [0.1, 0.15) is 18.4 Å². The number of H-pyrrole nitrogens is 1. The van der Waals surface area contributed by atoms with Gasteiger partial charge in [0.2, 0.25) is 0 Å². The number of rotatable bonds is 5. The lowest BCUT2D eigenvalue weighted by Crippen LogP contribution is -2.47. The summed E-state index contributed by atoms with van der Waals surface area (Å²) in [7, 11) is 0. The van der Waals surface area contributed by atoms with Gasteiger partial charge in [-0.05, 0) is 66.3 Å². The number of nitrogens with zero attached hydrogens (tertiary/aromatic N) is 1. The summed E-state index contributed by atoms with van der Waals surface area (Å²) in [5.41, 5.74) is 1.61. The molecule has 0 radical (unpaired) electrons. The third-order valence-corrected chi connectivity index (χ3v) is 5.13. The molecule has 0 aliphatic carbocycles. The average molecular weight is 354 g/mol. The molecule has 1 aromatic heterocycles. The van der Waals surface area contributed by atoms with Crippen LogP contribution in [0.25, 0.3) is 10.9 Å². The molecule has 1 aliphatic heterocycles. The van der Waals surface area contributed by atoms with Gasteiger partial charge in [0, 0.05) is 31.3 Å². The normalized spacial score (nSPS) is 17.5. The van der Waals surface area contributed by atoms with Gasteiger partial charge in [0.05, 0.1) is 0 Å². The molecule has 1 aliphatic rings. The van der Waals surface area contributed by atoms with E-state index in [2.05, 4.69) is 34.1 Å². The predicted octanol–water partition coefficient (Wildman–Crippen LogP) is 3.71. The smallest absolute Gasteiger partial charge is 0.123 e. The fourth-order valence-electron chi connectivity index (χ4n) is 3.48. The molecule has 136 valence electrons. The van der Waals surface area contributed by atoms with Gasteiger partial charge in [-0.3, -0.25) is 4.90 Å². The molecule has 0 spiro atoms. The second kappa shape index (κ2) is 7.09. The van der Waals surface area contributed by atoms with E-state index in [-0.39, 0.29) is 12.4 Å². The predicted molar refractivity (Wildman–Crippen MR) is 99.7 cm³/mol. The van der Waals surface area contributed by atoms with E-state index in [0.29, 0.717) is 18.6 Å². The summed E-state index contributed by atoms with van der Waals surface area (Å²) in [4.78, 5) is 5.57. The Labute approximate surface area is 152 Å². The highest BCUT2D eigenvalue weighted by atomic mass is 19.1. The van der Waals surface area contributed by atoms with Crippen LogP contribution in [0.15, 0.2) is 54.7 Å². The lowest BCUT2D eigenvalue weighted by atomic mass is 9.92. The number of aromatic amines is 1. The van der Waals surface area contributed by atoms with Crippen LogP contribution in [0.2, 0.25) is 0 Å². The van der Waals surface area contributed by atoms with Crippen molar-refractivity contribution in [1.29, 1.82) is 0 Å². The minimum absolute atomic E-state index is 0.238. The van der Waals surface area contributed by atoms with Crippen LogP contribution in [0.5, 0.6) is 5.75 Å². The number of fused-ring (bicyclic) bond motifs is 1. The second-order valence-corrected chi connectivity index (χ2v) is 7.14. The second-order valence-electron chi connectivity index (χ2n) is 7.14. The van der Waals surface area contributed by atoms with Crippen LogP contribution in [0.3, 0.4) is 0 Å². The zero-order valence-corrected chi connectivity index (χ0v) is 14.6. The summed E-state index contributed by atoms with van der Waals surface area (Å²) >= 11 is 0. The van der Waals surface area contributed by atoms with Crippen LogP contribution < -0.4 is 4.74 Å². The highest BCUT2D eigenvalue weighted by molar-refractivity contribution is 5.79. The molecular formula is C21H23FN2O2. The lowest BCUT2D eigenvalue weighted by molar-refractivity contribution is -0.0537. The van der Waals surface area contributed by atoms with Crippen molar-refractivity contribution < 1.29 is 14.2 Å². The standard InChI is InChI=1S/C21H23FN2O2/c22-18-2-4-19(5-3-18)26-15-21(25)8-11-24(12-9-21)14-16-1-6-20-17(13-16)7-10-23-20/h1-7,10,13,23,25H,8-9,11-12,14-15H2. The number of aliphatic hydroxyl groups is 1. The molecule has 1 fully saturated rings. The summed E-state index contributed by atoms with van der Waals surface area (Å²) in [6.07, 6.45) is 3.29. The fourth-order valence-corrected chi connectivity index (χ4v) is 3.48. The number of aromatic nitrogens is 1. The van der Waals surface area contributed by atoms with E-state index in [4.69, 9.17) is 4.74 Å². The quantitative estimate of drug-likeness (QED) is 0.734. The topological polar surface area (TPSA) is 48.5 Å². The minimum Gasteiger partial charge on any atom is -0.491 e. The van der Waals surface area contributed by atoms with Crippen molar-refractivity contribution in [1.82, 2.24) is 9.88 Å². The zero-order chi connectivity index (χ0) is 18.0. The van der Waals surface area contributed by atoms with Crippen LogP contribution in [0.4, 0.5) is 4.39 Å². The molecule has 26 heavy (non-hydrogen) atoms. The maximum Gasteiger partial charge on any atom is 0.123 e. The molecule has 0 atom stereocenters. The molecule has 2 aromatic carbocycles. The van der Waals surface area contributed by atoms with Gasteiger partial charge in [-0.1, -0.05) is 6.07 Å². The summed E-state index contributed by atoms with van der Waals surface area (Å²) < 4.78 is 18.6. The third kappa shape index (κ3) is 3.89. The first-order valence-corrected chi connectivity index (χ1v) is 8.99. The number of likely N-dealkylation sites (tertiary alicyclic amines) is 1. The molecule has 4 rings (SSSR count). The average Bonchev–Trinajstić information content (AvgIpc) is 3.11. The van der Waals surface area contributed by atoms with Crippen molar-refractivity contribution in [3.8, 4) is 5.75 Å². The highest BCUT2D eigenvalue weighted by Gasteiger charge is 2.33. The van der Waals surface area contributed by atoms with Crippen molar-refractivity contribution in [3.05, 3.63) is 66.1 Å². The Hall–Kier alpha value is -2.37. The lowest BCUT2D eigenvalue weighted by Gasteiger charge is -2.38. The van der Waals surface area contributed by atoms with E-state index < -0.39 is 5.60 Å². The Kier molecular flexibility index (Phi) is 4.66. The molecule has 3 aromatic rings. The zero-order valence-electron chi connectivity index (χ0n) is 14.6. The fraction of sp³-hybridized carbons (Fsp3) is 0.333. The van der Waals surface area contributed by atoms with Gasteiger partial charge in [-0.25, -0.2) is 4.39 Å². The van der Waals surface area contributed by atoms with E-state index in [0.717, 1.165) is 25.2 Å². The first-order valence-electron chi connectivity index (χ1n) is 8.99. The number of nitrogens with one attached hydrogen (secondary N) is 1. The molecule has 0 bridgehead atoms. The van der Waals surface area contributed by atoms with E-state index in [1.807, 2.05) is 6.20 Å². The number of halogens is 1. The molecule has 0 unspecified atom stereocenters. The number of hydrogen-bond donors (Lipinski definition) is 2. The number of benzene rings is 2. The molecule has 4 nitrogen and oxygen atoms in total. The van der Waals surface area contributed by atoms with Crippen molar-refractivity contribution in [2.24, 2.45) is 0 Å². The van der Waals surface area contributed by atoms with Gasteiger partial charge in [0.1, 0.15) is 23.8 Å². The van der Waals surface area contributed by atoms with Gasteiger partial charge in [-0.15, -0.1) is 0 Å². The SMILES string of the molecule is OC1(COc2ccc(F)cc2)CCN(Cc2ccc3[nH]ccc3c2)CC1. The Morgan fingerprint density at radius 2 is 1.85 bits per heavy atom. The van der Waals surface area contributed by atoms with Crippen molar-refractivity contribution in [2.45, 2.75) is 25.0 Å². The third-order valence-electron chi connectivity index (χ3n) is 5.13. The number of ether oxygens (including phenoxy) is 1. The van der Waals surface area contributed by atoms with Gasteiger partial charge >= 0.3 is 0 Å². The van der Waals surface area contributed by atoms with E-state index >= 15 is 0 Å². The van der Waals surface area contributed by atoms with Crippen molar-refractivity contribution in [2.75, 3.05) is 19.7 Å². The largest absolute Gasteiger partial charge is 0.491 e. The first-order chi connectivity index (χ1) is 12.6. The number of hydrogen-bond acceptors (Lipinski definition) is 3. The van der Waals surface area contributed by atoms with Gasteiger partial charge in [-0.2, -0.15) is 0 Å². The Morgan fingerprint density at radius 3 is 2.62 bits per heavy atom. The Bertz CT molecular complexity index is 867.